The van der Waals surface area contributed by atoms with E-state index in [1.165, 1.54) is 12.5 Å². The van der Waals surface area contributed by atoms with Crippen LogP contribution < -0.4 is 9.47 Å². The minimum atomic E-state index is -0.171. The van der Waals surface area contributed by atoms with E-state index in [4.69, 9.17) is 13.9 Å². The van der Waals surface area contributed by atoms with Crippen LogP contribution >= 0.6 is 0 Å². The number of furan rings is 1. The topological polar surface area (TPSA) is 72.2 Å². The van der Waals surface area contributed by atoms with Crippen LogP contribution in [0.25, 0.3) is 0 Å². The minimum Gasteiger partial charge on any atom is -0.493 e. The highest BCUT2D eigenvalue weighted by atomic mass is 16.5. The third kappa shape index (κ3) is 4.91. The maximum atomic E-state index is 12.9. The zero-order valence-electron chi connectivity index (χ0n) is 17.2. The quantitative estimate of drug-likeness (QED) is 0.715. The Labute approximate surface area is 171 Å². The van der Waals surface area contributed by atoms with Crippen molar-refractivity contribution in [3.05, 3.63) is 47.9 Å². The summed E-state index contributed by atoms with van der Waals surface area (Å²) in [6, 6.07) is 7.44. The number of methoxy groups -OCH3 is 2. The van der Waals surface area contributed by atoms with Gasteiger partial charge < -0.3 is 23.7 Å². The first kappa shape index (κ1) is 20.8. The normalized spacial score (nSPS) is 16.4. The van der Waals surface area contributed by atoms with Crippen LogP contribution in [-0.4, -0.2) is 62.5 Å². The Morgan fingerprint density at radius 2 is 2.00 bits per heavy atom. The molecular weight excluding hydrogens is 372 g/mol. The van der Waals surface area contributed by atoms with Gasteiger partial charge in [0.25, 0.3) is 5.91 Å². The van der Waals surface area contributed by atoms with E-state index in [0.717, 1.165) is 18.4 Å². The first-order valence-electron chi connectivity index (χ1n) is 9.80. The molecule has 2 amide bonds. The van der Waals surface area contributed by atoms with Crippen molar-refractivity contribution < 1.29 is 23.5 Å². The first-order chi connectivity index (χ1) is 14.0. The summed E-state index contributed by atoms with van der Waals surface area (Å²) in [6.45, 7) is 1.72. The summed E-state index contributed by atoms with van der Waals surface area (Å²) in [6.07, 6.45) is 5.27. The Morgan fingerprint density at radius 3 is 2.69 bits per heavy atom. The third-order valence-electron chi connectivity index (χ3n) is 5.39. The number of hydrogen-bond acceptors (Lipinski definition) is 5. The second-order valence-corrected chi connectivity index (χ2v) is 7.30. The van der Waals surface area contributed by atoms with Crippen molar-refractivity contribution >= 4 is 11.8 Å². The Kier molecular flexibility index (Phi) is 6.80. The number of carbonyl (C=O) groups excluding carboxylic acids is 2. The summed E-state index contributed by atoms with van der Waals surface area (Å²) in [4.78, 5) is 29.0. The van der Waals surface area contributed by atoms with Gasteiger partial charge in [-0.05, 0) is 43.0 Å². The summed E-state index contributed by atoms with van der Waals surface area (Å²) < 4.78 is 15.6. The van der Waals surface area contributed by atoms with Gasteiger partial charge in [-0.25, -0.2) is 0 Å². The van der Waals surface area contributed by atoms with Crippen molar-refractivity contribution in [2.45, 2.75) is 19.3 Å². The molecule has 1 saturated heterocycles. The molecule has 0 radical (unpaired) electrons. The largest absolute Gasteiger partial charge is 0.493 e. The number of benzene rings is 1. The number of likely N-dealkylation sites (tertiary alicyclic amines) is 1. The molecule has 0 saturated carbocycles. The number of hydrogen-bond donors (Lipinski definition) is 0. The minimum absolute atomic E-state index is 0.0789. The summed E-state index contributed by atoms with van der Waals surface area (Å²) >= 11 is 0. The second-order valence-electron chi connectivity index (χ2n) is 7.30. The number of piperidine rings is 1. The fourth-order valence-electron chi connectivity index (χ4n) is 3.69. The van der Waals surface area contributed by atoms with Gasteiger partial charge in [-0.3, -0.25) is 9.59 Å². The lowest BCUT2D eigenvalue weighted by atomic mass is 9.96. The molecule has 1 aliphatic heterocycles. The van der Waals surface area contributed by atoms with Gasteiger partial charge in [-0.1, -0.05) is 6.07 Å². The molecule has 0 N–H and O–H groups in total. The monoisotopic (exact) mass is 400 g/mol. The van der Waals surface area contributed by atoms with Gasteiger partial charge >= 0.3 is 0 Å². The Morgan fingerprint density at radius 1 is 1.21 bits per heavy atom. The number of ether oxygens (including phenoxy) is 2. The van der Waals surface area contributed by atoms with Crippen molar-refractivity contribution in [2.24, 2.45) is 5.92 Å². The Balaban J connectivity index is 1.56. The van der Waals surface area contributed by atoms with E-state index in [2.05, 4.69) is 0 Å². The molecule has 1 aromatic carbocycles. The number of rotatable bonds is 7. The van der Waals surface area contributed by atoms with E-state index in [1.807, 2.05) is 25.2 Å². The van der Waals surface area contributed by atoms with Crippen LogP contribution in [0.15, 0.2) is 41.2 Å². The molecule has 1 aromatic heterocycles. The van der Waals surface area contributed by atoms with E-state index in [-0.39, 0.29) is 17.7 Å². The number of likely N-dealkylation sites (N-methyl/N-ethyl adjacent to an activating group) is 1. The zero-order chi connectivity index (χ0) is 20.8. The van der Waals surface area contributed by atoms with Crippen LogP contribution in [-0.2, 0) is 11.2 Å². The van der Waals surface area contributed by atoms with Gasteiger partial charge in [0.15, 0.2) is 11.5 Å². The molecule has 0 bridgehead atoms. The van der Waals surface area contributed by atoms with Crippen LogP contribution in [0.3, 0.4) is 0 Å². The van der Waals surface area contributed by atoms with E-state index in [1.54, 1.807) is 30.1 Å². The van der Waals surface area contributed by atoms with Gasteiger partial charge in [0.05, 0.1) is 32.0 Å². The number of nitrogens with zero attached hydrogens (tertiary/aromatic N) is 2. The highest BCUT2D eigenvalue weighted by Crippen LogP contribution is 2.28. The predicted molar refractivity (Wildman–Crippen MR) is 108 cm³/mol. The zero-order valence-corrected chi connectivity index (χ0v) is 17.2. The lowest BCUT2D eigenvalue weighted by Gasteiger charge is -2.33. The van der Waals surface area contributed by atoms with Crippen molar-refractivity contribution in [1.29, 1.82) is 0 Å². The lowest BCUT2D eigenvalue weighted by molar-refractivity contribution is -0.135. The van der Waals surface area contributed by atoms with Crippen molar-refractivity contribution in [2.75, 3.05) is 40.9 Å². The summed E-state index contributed by atoms with van der Waals surface area (Å²) in [5, 5.41) is 0. The van der Waals surface area contributed by atoms with Gasteiger partial charge in [-0.2, -0.15) is 0 Å². The molecule has 3 rings (SSSR count). The van der Waals surface area contributed by atoms with E-state index < -0.39 is 0 Å². The SMILES string of the molecule is COc1ccc(CCN(C)C(=O)C2CCCN(C(=O)c3ccoc3)C2)cc1OC. The fourth-order valence-corrected chi connectivity index (χ4v) is 3.69. The van der Waals surface area contributed by atoms with Gasteiger partial charge in [0.1, 0.15) is 6.26 Å². The molecule has 156 valence electrons. The average Bonchev–Trinajstić information content (AvgIpc) is 3.31. The smallest absolute Gasteiger partial charge is 0.257 e. The molecule has 0 spiro atoms. The lowest BCUT2D eigenvalue weighted by Crippen LogP contribution is -2.46. The molecule has 1 atom stereocenters. The number of amides is 2. The Hall–Kier alpha value is -2.96. The van der Waals surface area contributed by atoms with Gasteiger partial charge in [-0.15, -0.1) is 0 Å². The molecule has 0 aliphatic carbocycles. The first-order valence-corrected chi connectivity index (χ1v) is 9.80. The molecule has 7 heteroatoms. The van der Waals surface area contributed by atoms with Crippen LogP contribution in [0.1, 0.15) is 28.8 Å². The Bertz CT molecular complexity index is 834. The van der Waals surface area contributed by atoms with Crippen molar-refractivity contribution in [1.82, 2.24) is 9.80 Å². The molecule has 29 heavy (non-hydrogen) atoms. The average molecular weight is 400 g/mol. The highest BCUT2D eigenvalue weighted by molar-refractivity contribution is 5.94. The van der Waals surface area contributed by atoms with Gasteiger partial charge in [0, 0.05) is 26.7 Å². The van der Waals surface area contributed by atoms with E-state index in [0.29, 0.717) is 43.1 Å². The molecule has 2 aromatic rings. The summed E-state index contributed by atoms with van der Waals surface area (Å²) in [5.41, 5.74) is 1.60. The molecular formula is C22H28N2O5. The maximum absolute atomic E-state index is 12.9. The predicted octanol–water partition coefficient (Wildman–Crippen LogP) is 2.85. The summed E-state index contributed by atoms with van der Waals surface area (Å²) in [5.74, 6) is 1.19. The van der Waals surface area contributed by atoms with Crippen molar-refractivity contribution in [3.8, 4) is 11.5 Å². The second kappa shape index (κ2) is 9.49. The van der Waals surface area contributed by atoms with E-state index in [9.17, 15) is 9.59 Å². The molecule has 1 fully saturated rings. The number of carbonyl (C=O) groups is 2. The highest BCUT2D eigenvalue weighted by Gasteiger charge is 2.30. The van der Waals surface area contributed by atoms with Crippen LogP contribution in [0.5, 0.6) is 11.5 Å². The van der Waals surface area contributed by atoms with Gasteiger partial charge in [0.2, 0.25) is 5.91 Å². The van der Waals surface area contributed by atoms with E-state index >= 15 is 0 Å². The standard InChI is InChI=1S/C22H28N2O5/c1-23(11-8-16-6-7-19(27-2)20(13-16)28-3)21(25)17-5-4-10-24(14-17)22(26)18-9-12-29-15-18/h6-7,9,12-13,15,17H,4-5,8,10-11,14H2,1-3H3. The van der Waals surface area contributed by atoms with Crippen LogP contribution in [0.4, 0.5) is 0 Å². The van der Waals surface area contributed by atoms with Crippen LogP contribution in [0.2, 0.25) is 0 Å². The molecule has 1 unspecified atom stereocenters. The summed E-state index contributed by atoms with van der Waals surface area (Å²) in [7, 11) is 5.03. The fraction of sp³-hybridized carbons (Fsp3) is 0.455. The molecule has 7 nitrogen and oxygen atoms in total. The maximum Gasteiger partial charge on any atom is 0.257 e. The third-order valence-corrected chi connectivity index (χ3v) is 5.39. The van der Waals surface area contributed by atoms with Crippen LogP contribution in [0, 0.1) is 5.92 Å². The molecule has 2 heterocycles. The molecule has 1 aliphatic rings. The van der Waals surface area contributed by atoms with Crippen molar-refractivity contribution in [3.63, 3.8) is 0 Å².